The van der Waals surface area contributed by atoms with E-state index < -0.39 is 36.5 Å². The van der Waals surface area contributed by atoms with Crippen LogP contribution >= 0.6 is 0 Å². The molecule has 0 spiro atoms. The second-order valence-electron chi connectivity index (χ2n) is 11.4. The van der Waals surface area contributed by atoms with Gasteiger partial charge in [-0.15, -0.1) is 0 Å². The predicted octanol–water partition coefficient (Wildman–Crippen LogP) is 9.02. The molecular formula is C28H49NO2SSiSn. The van der Waals surface area contributed by atoms with Crippen molar-refractivity contribution in [1.82, 2.24) is 3.97 Å². The SMILES string of the molecule is CCC[CH2][Sn]([CH2]/C=C\c1cn(S(=O)(=O)CC[Si](C)(C)C)c2ccccc12)([CH2]CCC)[CH2]CCC. The van der Waals surface area contributed by atoms with E-state index in [-0.39, 0.29) is 5.75 Å². The third-order valence-electron chi connectivity index (χ3n) is 7.15. The summed E-state index contributed by atoms with van der Waals surface area (Å²) in [5.74, 6) is 0.231. The third-order valence-corrected chi connectivity index (χ3v) is 26.1. The Morgan fingerprint density at radius 3 is 2.00 bits per heavy atom. The van der Waals surface area contributed by atoms with Gasteiger partial charge in [0.25, 0.3) is 0 Å². The second-order valence-corrected chi connectivity index (χ2v) is 33.0. The Labute approximate surface area is 215 Å². The number of fused-ring (bicyclic) bond motifs is 1. The van der Waals surface area contributed by atoms with Gasteiger partial charge in [0.1, 0.15) is 0 Å². The molecule has 1 heterocycles. The first-order valence-corrected chi connectivity index (χ1v) is 27.0. The van der Waals surface area contributed by atoms with Gasteiger partial charge >= 0.3 is 216 Å². The zero-order chi connectivity index (χ0) is 25.2. The van der Waals surface area contributed by atoms with Crippen molar-refractivity contribution in [3.8, 4) is 0 Å². The minimum absolute atomic E-state index is 0.231. The Morgan fingerprint density at radius 1 is 0.912 bits per heavy atom. The van der Waals surface area contributed by atoms with Gasteiger partial charge in [-0.3, -0.25) is 0 Å². The maximum absolute atomic E-state index is 13.3. The summed E-state index contributed by atoms with van der Waals surface area (Å²) in [7, 11) is -4.79. The van der Waals surface area contributed by atoms with Crippen molar-refractivity contribution in [3.63, 3.8) is 0 Å². The molecule has 0 aliphatic carbocycles. The fourth-order valence-electron chi connectivity index (χ4n) is 4.84. The van der Waals surface area contributed by atoms with Crippen LogP contribution in [-0.2, 0) is 10.0 Å². The van der Waals surface area contributed by atoms with Crippen molar-refractivity contribution < 1.29 is 8.42 Å². The summed E-state index contributed by atoms with van der Waals surface area (Å²) in [5, 5.41) is 1.05. The van der Waals surface area contributed by atoms with Gasteiger partial charge in [0.2, 0.25) is 0 Å². The van der Waals surface area contributed by atoms with Gasteiger partial charge in [-0.2, -0.15) is 0 Å². The number of benzene rings is 1. The standard InChI is InChI=1S/C16H22NO2SSi.3C4H9.Sn/c1-5-8-14-13-17(16-10-7-6-9-15(14)16)20(18,19)11-12-21(2,3)4;3*1-3-4-2;/h5-10,13H,1,11-12H2,2-4H3;3*1,3-4H2,2H3;/b8-5-;;;;. The molecule has 0 amide bonds. The minimum atomic E-state index is -3.36. The maximum atomic E-state index is 13.3. The molecule has 2 aromatic rings. The first-order chi connectivity index (χ1) is 16.1. The van der Waals surface area contributed by atoms with Crippen LogP contribution in [0.15, 0.2) is 36.5 Å². The molecule has 0 unspecified atom stereocenters. The van der Waals surface area contributed by atoms with Gasteiger partial charge in [0, 0.05) is 0 Å². The molecule has 3 nitrogen and oxygen atoms in total. The molecule has 1 aromatic heterocycles. The summed E-state index contributed by atoms with van der Waals surface area (Å²) in [6, 6.07) is 8.78. The fraction of sp³-hybridized carbons (Fsp3) is 0.643. The van der Waals surface area contributed by atoms with E-state index in [0.717, 1.165) is 22.5 Å². The van der Waals surface area contributed by atoms with Gasteiger partial charge in [-0.05, 0) is 0 Å². The first-order valence-electron chi connectivity index (χ1n) is 13.6. The van der Waals surface area contributed by atoms with Crippen LogP contribution in [0, 0.1) is 0 Å². The third kappa shape index (κ3) is 8.84. The van der Waals surface area contributed by atoms with E-state index in [1.54, 1.807) is 3.97 Å². The van der Waals surface area contributed by atoms with E-state index in [1.807, 2.05) is 24.4 Å². The van der Waals surface area contributed by atoms with Crippen LogP contribution in [0.2, 0.25) is 43.4 Å². The summed E-state index contributed by atoms with van der Waals surface area (Å²) in [6.45, 7) is 13.7. The van der Waals surface area contributed by atoms with Crippen LogP contribution in [0.3, 0.4) is 0 Å². The normalized spacial score (nSPS) is 13.4. The average Bonchev–Trinajstić information content (AvgIpc) is 3.18. The molecule has 192 valence electrons. The number of rotatable bonds is 16. The van der Waals surface area contributed by atoms with E-state index >= 15 is 0 Å². The molecular weight excluding hydrogens is 561 g/mol. The number of aromatic nitrogens is 1. The second kappa shape index (κ2) is 13.7. The van der Waals surface area contributed by atoms with Crippen molar-refractivity contribution in [1.29, 1.82) is 0 Å². The summed E-state index contributed by atoms with van der Waals surface area (Å²) >= 11 is -2.23. The monoisotopic (exact) mass is 611 g/mol. The van der Waals surface area contributed by atoms with Crippen LogP contribution in [0.4, 0.5) is 0 Å². The number of unbranched alkanes of at least 4 members (excludes halogenated alkanes) is 3. The summed E-state index contributed by atoms with van der Waals surface area (Å²) in [6.07, 6.45) is 14.6. The number of para-hydroxylation sites is 1. The molecule has 0 bridgehead atoms. The van der Waals surface area contributed by atoms with Crippen molar-refractivity contribution in [2.24, 2.45) is 0 Å². The molecule has 0 radical (unpaired) electrons. The molecule has 0 saturated heterocycles. The van der Waals surface area contributed by atoms with E-state index in [9.17, 15) is 8.42 Å². The van der Waals surface area contributed by atoms with Crippen molar-refractivity contribution >= 4 is 53.5 Å². The summed E-state index contributed by atoms with van der Waals surface area (Å²) in [5.41, 5.74) is 1.87. The van der Waals surface area contributed by atoms with Gasteiger partial charge in [0.05, 0.1) is 0 Å². The van der Waals surface area contributed by atoms with Gasteiger partial charge in [-0.1, -0.05) is 0 Å². The summed E-state index contributed by atoms with van der Waals surface area (Å²) < 4.78 is 33.9. The molecule has 0 saturated carbocycles. The summed E-state index contributed by atoms with van der Waals surface area (Å²) in [4.78, 5) is 0. The number of allylic oxidation sites excluding steroid dienone is 1. The van der Waals surface area contributed by atoms with Gasteiger partial charge < -0.3 is 0 Å². The van der Waals surface area contributed by atoms with E-state index in [0.29, 0.717) is 0 Å². The zero-order valence-electron chi connectivity index (χ0n) is 22.7. The van der Waals surface area contributed by atoms with Crippen molar-refractivity contribution in [3.05, 3.63) is 42.1 Å². The molecule has 1 aromatic carbocycles. The number of hydrogen-bond donors (Lipinski definition) is 0. The van der Waals surface area contributed by atoms with Crippen molar-refractivity contribution in [2.45, 2.75) is 103 Å². The molecule has 34 heavy (non-hydrogen) atoms. The fourth-order valence-corrected chi connectivity index (χ4v) is 24.4. The molecule has 2 rings (SSSR count). The van der Waals surface area contributed by atoms with Crippen LogP contribution in [0.1, 0.15) is 64.9 Å². The Balaban J connectivity index is 2.35. The van der Waals surface area contributed by atoms with Crippen molar-refractivity contribution in [2.75, 3.05) is 5.75 Å². The van der Waals surface area contributed by atoms with Gasteiger partial charge in [-0.25, -0.2) is 0 Å². The number of hydrogen-bond acceptors (Lipinski definition) is 2. The van der Waals surface area contributed by atoms with Gasteiger partial charge in [0.15, 0.2) is 0 Å². The van der Waals surface area contributed by atoms with E-state index in [1.165, 1.54) is 56.3 Å². The molecule has 0 N–H and O–H groups in total. The quantitative estimate of drug-likeness (QED) is 0.178. The van der Waals surface area contributed by atoms with Crippen LogP contribution in [0.25, 0.3) is 17.0 Å². The molecule has 0 aliphatic heterocycles. The Hall–Kier alpha value is -0.534. The van der Waals surface area contributed by atoms with Crippen LogP contribution < -0.4 is 0 Å². The Bertz CT molecular complexity index is 999. The first kappa shape index (κ1) is 29.7. The Morgan fingerprint density at radius 2 is 1.47 bits per heavy atom. The molecule has 0 atom stereocenters. The van der Waals surface area contributed by atoms with Crippen LogP contribution in [-0.4, -0.2) is 44.6 Å². The van der Waals surface area contributed by atoms with E-state index in [4.69, 9.17) is 0 Å². The van der Waals surface area contributed by atoms with E-state index in [2.05, 4.69) is 58.6 Å². The number of nitrogens with zero attached hydrogens (tertiary/aromatic N) is 1. The molecule has 0 fully saturated rings. The zero-order valence-corrected chi connectivity index (χ0v) is 27.4. The Kier molecular flexibility index (Phi) is 12.0. The average molecular weight is 611 g/mol. The molecule has 0 aliphatic rings. The predicted molar refractivity (Wildman–Crippen MR) is 158 cm³/mol. The molecule has 6 heteroatoms. The topological polar surface area (TPSA) is 39.1 Å². The van der Waals surface area contributed by atoms with Crippen LogP contribution in [0.5, 0.6) is 0 Å².